The molecule has 13 rings (SSSR count). The molecule has 390 valence electrons. The number of fused-ring (bicyclic) bond motifs is 6. The van der Waals surface area contributed by atoms with E-state index in [2.05, 4.69) is 201 Å². The van der Waals surface area contributed by atoms with E-state index in [1.54, 1.807) is 12.1 Å². The van der Waals surface area contributed by atoms with Gasteiger partial charge >= 0.3 is 6.18 Å². The molecule has 0 spiro atoms. The molecule has 3 heterocycles. The van der Waals surface area contributed by atoms with Crippen LogP contribution in [0.15, 0.2) is 206 Å². The zero-order valence-corrected chi connectivity index (χ0v) is 46.1. The van der Waals surface area contributed by atoms with Crippen molar-refractivity contribution in [2.45, 2.75) is 61.6 Å². The first kappa shape index (κ1) is 50.3. The molecule has 0 saturated heterocycles. The molecule has 13 aromatic rings. The second kappa shape index (κ2) is 19.3. The summed E-state index contributed by atoms with van der Waals surface area (Å²) >= 11 is 0. The minimum atomic E-state index is -4.89. The number of aromatic nitrogens is 3. The monoisotopic (exact) mass is 1050 g/mol. The molecule has 0 fully saturated rings. The van der Waals surface area contributed by atoms with Gasteiger partial charge in [0, 0.05) is 32.7 Å². The van der Waals surface area contributed by atoms with Crippen LogP contribution in [0.1, 0.15) is 50.1 Å². The number of aryl methyl sites for hydroxylation is 8. The molecule has 0 aliphatic carbocycles. The van der Waals surface area contributed by atoms with Crippen LogP contribution in [-0.4, -0.2) is 14.1 Å². The van der Waals surface area contributed by atoms with Gasteiger partial charge in [-0.2, -0.15) is 13.2 Å². The molecule has 0 atom stereocenters. The van der Waals surface area contributed by atoms with Crippen molar-refractivity contribution in [3.8, 4) is 78.4 Å². The molecule has 10 aromatic carbocycles. The van der Waals surface area contributed by atoms with Crippen molar-refractivity contribution in [2.75, 3.05) is 0 Å². The van der Waals surface area contributed by atoms with Gasteiger partial charge in [-0.15, -0.1) is 0 Å². The van der Waals surface area contributed by atoms with Crippen LogP contribution in [-0.2, 0) is 6.18 Å². The van der Waals surface area contributed by atoms with Crippen molar-refractivity contribution in [3.63, 3.8) is 0 Å². The maximum Gasteiger partial charge on any atom is 0.420 e. The molecule has 0 aliphatic heterocycles. The summed E-state index contributed by atoms with van der Waals surface area (Å²) in [6, 6.07) is 69.7. The van der Waals surface area contributed by atoms with Crippen molar-refractivity contribution in [2.24, 2.45) is 0 Å². The van der Waals surface area contributed by atoms with Gasteiger partial charge in [0.05, 0.1) is 44.8 Å². The maximum atomic E-state index is 17.6. The van der Waals surface area contributed by atoms with Crippen LogP contribution in [0, 0.1) is 55.4 Å². The average molecular weight is 1050 g/mol. The fraction of sp³-hybridized carbons (Fsp3) is 0.122. The zero-order valence-electron chi connectivity index (χ0n) is 46.1. The minimum Gasteiger partial charge on any atom is -0.308 e. The van der Waals surface area contributed by atoms with Crippen LogP contribution in [0.4, 0.5) is 13.2 Å². The molecule has 0 amide bonds. The summed E-state index contributed by atoms with van der Waals surface area (Å²) in [5, 5.41) is 3.38. The molecule has 3 nitrogen and oxygen atoms in total. The predicted molar refractivity (Wildman–Crippen MR) is 328 cm³/mol. The molecule has 80 heavy (non-hydrogen) atoms. The first-order chi connectivity index (χ1) is 38.6. The minimum absolute atomic E-state index is 0.00135. The molecular weight excluding hydrogens is 988 g/mol. The summed E-state index contributed by atoms with van der Waals surface area (Å²) in [6.07, 6.45) is -4.89. The van der Waals surface area contributed by atoms with Gasteiger partial charge in [0.15, 0.2) is 0 Å². The molecule has 0 N–H and O–H groups in total. The highest BCUT2D eigenvalue weighted by atomic mass is 19.4. The van der Waals surface area contributed by atoms with Crippen molar-refractivity contribution in [1.29, 1.82) is 0 Å². The molecule has 3 aromatic heterocycles. The topological polar surface area (TPSA) is 22.8 Å². The highest BCUT2D eigenvalue weighted by Crippen LogP contribution is 2.48. The van der Waals surface area contributed by atoms with Crippen LogP contribution in [0.25, 0.3) is 122 Å². The number of pyridine rings is 1. The number of benzene rings is 10. The van der Waals surface area contributed by atoms with Crippen LogP contribution < -0.4 is 0 Å². The molecular formula is C74H58F3N3. The van der Waals surface area contributed by atoms with E-state index in [0.29, 0.717) is 39.0 Å². The Kier molecular flexibility index (Phi) is 12.1. The second-order valence-corrected chi connectivity index (χ2v) is 22.0. The summed E-state index contributed by atoms with van der Waals surface area (Å²) in [5.74, 6) is 0. The average Bonchev–Trinajstić information content (AvgIpc) is 4.10. The van der Waals surface area contributed by atoms with Crippen molar-refractivity contribution in [1.82, 2.24) is 14.1 Å². The lowest BCUT2D eigenvalue weighted by Crippen LogP contribution is -2.16. The number of hydrogen-bond donors (Lipinski definition) is 0. The lowest BCUT2D eigenvalue weighted by Gasteiger charge is -2.23. The normalized spacial score (nSPS) is 11.9. The summed E-state index contributed by atoms with van der Waals surface area (Å²) in [7, 11) is 0. The van der Waals surface area contributed by atoms with Gasteiger partial charge in [0.1, 0.15) is 5.56 Å². The quantitative estimate of drug-likeness (QED) is 0.149. The summed E-state index contributed by atoms with van der Waals surface area (Å²) in [4.78, 5) is 5.28. The highest BCUT2D eigenvalue weighted by molar-refractivity contribution is 6.13. The number of hydrogen-bond acceptors (Lipinski definition) is 1. The SMILES string of the molecule is Cc1ccc(-c2ccc3c4ccc(-c5ccc(C)cc5C)cc4n(-c4cc(-c5cccc(-c6ccccc6)n5)cc(-n5c6cc(-c7ccc(C)cc7C)ccc6c6ccc(-c7ccc(C)cc7C)cc65)c4C(F)(F)F)c3c2)c(C)c1. The van der Waals surface area contributed by atoms with Gasteiger partial charge in [-0.1, -0.05) is 180 Å². The first-order valence-electron chi connectivity index (χ1n) is 27.3. The third kappa shape index (κ3) is 8.67. The maximum absolute atomic E-state index is 17.6. The van der Waals surface area contributed by atoms with Gasteiger partial charge in [-0.25, -0.2) is 4.98 Å². The highest BCUT2D eigenvalue weighted by Gasteiger charge is 2.40. The Morgan fingerprint density at radius 2 is 0.625 bits per heavy atom. The zero-order chi connectivity index (χ0) is 55.3. The third-order valence-corrected chi connectivity index (χ3v) is 16.3. The predicted octanol–water partition coefficient (Wildman–Crippen LogP) is 20.8. The van der Waals surface area contributed by atoms with E-state index >= 15 is 13.2 Å². The van der Waals surface area contributed by atoms with Gasteiger partial charge < -0.3 is 9.13 Å². The Morgan fingerprint density at radius 1 is 0.300 bits per heavy atom. The fourth-order valence-corrected chi connectivity index (χ4v) is 12.5. The van der Waals surface area contributed by atoms with Gasteiger partial charge in [-0.3, -0.25) is 0 Å². The van der Waals surface area contributed by atoms with Gasteiger partial charge in [-0.05, 0) is 171 Å². The standard InChI is InChI=1S/C74H58F3N3/c1-43-17-25-57(47(5)33-43)52-21-29-61-62-30-22-53(58-26-18-44(2)34-48(58)6)38-68(62)79(67(61)37-52)71-41-56(66-16-12-15-65(78-66)51-13-10-9-11-14-51)42-72(73(71)74(75,76)77)80-69-39-54(59-27-19-45(3)35-49(59)7)23-31-63(69)64-32-24-55(40-70(64)80)60-28-20-46(4)36-50(60)8/h9-42H,1-8H3. The lowest BCUT2D eigenvalue weighted by molar-refractivity contribution is -0.137. The van der Waals surface area contributed by atoms with Crippen LogP contribution in [0.3, 0.4) is 0 Å². The van der Waals surface area contributed by atoms with E-state index in [1.165, 1.54) is 0 Å². The fourth-order valence-electron chi connectivity index (χ4n) is 12.5. The van der Waals surface area contributed by atoms with E-state index in [0.717, 1.165) is 116 Å². The Hall–Kier alpha value is -9.26. The Bertz CT molecular complexity index is 4200. The molecule has 0 saturated carbocycles. The number of rotatable bonds is 8. The first-order valence-corrected chi connectivity index (χ1v) is 27.3. The number of nitrogens with zero attached hydrogens (tertiary/aromatic N) is 3. The largest absolute Gasteiger partial charge is 0.420 e. The summed E-state index contributed by atoms with van der Waals surface area (Å²) in [5.41, 5.74) is 21.2. The van der Waals surface area contributed by atoms with E-state index < -0.39 is 11.7 Å². The Labute approximate surface area is 464 Å². The van der Waals surface area contributed by atoms with Crippen LogP contribution in [0.2, 0.25) is 0 Å². The van der Waals surface area contributed by atoms with Gasteiger partial charge in [0.2, 0.25) is 0 Å². The number of alkyl halides is 3. The van der Waals surface area contributed by atoms with Crippen LogP contribution in [0.5, 0.6) is 0 Å². The third-order valence-electron chi connectivity index (χ3n) is 16.3. The molecule has 0 aliphatic rings. The Balaban J connectivity index is 1.21. The summed E-state index contributed by atoms with van der Waals surface area (Å²) in [6.45, 7) is 16.7. The summed E-state index contributed by atoms with van der Waals surface area (Å²) < 4.78 is 56.6. The molecule has 0 unspecified atom stereocenters. The van der Waals surface area contributed by atoms with Crippen molar-refractivity contribution in [3.05, 3.63) is 256 Å². The van der Waals surface area contributed by atoms with Gasteiger partial charge in [0.25, 0.3) is 0 Å². The molecule has 0 bridgehead atoms. The van der Waals surface area contributed by atoms with E-state index in [1.807, 2.05) is 57.7 Å². The Morgan fingerprint density at radius 3 is 0.938 bits per heavy atom. The molecule has 0 radical (unpaired) electrons. The van der Waals surface area contributed by atoms with Crippen molar-refractivity contribution >= 4 is 43.6 Å². The van der Waals surface area contributed by atoms with Crippen LogP contribution >= 0.6 is 0 Å². The van der Waals surface area contributed by atoms with E-state index in [4.69, 9.17) is 4.98 Å². The smallest absolute Gasteiger partial charge is 0.308 e. The number of halogens is 3. The molecule has 6 heteroatoms. The van der Waals surface area contributed by atoms with E-state index in [9.17, 15) is 0 Å². The second-order valence-electron chi connectivity index (χ2n) is 22.0. The van der Waals surface area contributed by atoms with Crippen molar-refractivity contribution < 1.29 is 13.2 Å². The van der Waals surface area contributed by atoms with E-state index in [-0.39, 0.29) is 11.4 Å². The lowest BCUT2D eigenvalue weighted by atomic mass is 9.96.